The van der Waals surface area contributed by atoms with Crippen molar-refractivity contribution in [2.75, 3.05) is 6.54 Å². The van der Waals surface area contributed by atoms with E-state index in [4.69, 9.17) is 16.4 Å². The van der Waals surface area contributed by atoms with Gasteiger partial charge in [0.05, 0.1) is 11.1 Å². The molecule has 0 aliphatic carbocycles. The lowest BCUT2D eigenvalue weighted by Crippen LogP contribution is -2.35. The fraction of sp³-hybridized carbons (Fsp3) is 0.467. The van der Waals surface area contributed by atoms with Crippen molar-refractivity contribution < 1.29 is 4.84 Å². The molecule has 98 valence electrons. The Balaban J connectivity index is 1.81. The number of hydroxylamine groups is 2. The van der Waals surface area contributed by atoms with Gasteiger partial charge >= 0.3 is 0 Å². The maximum atomic E-state index is 6.16. The van der Waals surface area contributed by atoms with Crippen molar-refractivity contribution in [1.82, 2.24) is 5.06 Å². The molecule has 0 fully saturated rings. The Kier molecular flexibility index (Phi) is 4.67. The molecule has 1 aliphatic rings. The molecule has 1 atom stereocenters. The summed E-state index contributed by atoms with van der Waals surface area (Å²) in [4.78, 5) is 5.52. The van der Waals surface area contributed by atoms with Crippen LogP contribution in [0.2, 0.25) is 0 Å². The van der Waals surface area contributed by atoms with Crippen molar-refractivity contribution in [2.24, 2.45) is 5.92 Å². The number of hydrogen-bond donors (Lipinski definition) is 0. The lowest BCUT2D eigenvalue weighted by Gasteiger charge is -2.25. The van der Waals surface area contributed by atoms with Gasteiger partial charge in [-0.3, -0.25) is 0 Å². The van der Waals surface area contributed by atoms with E-state index in [2.05, 4.69) is 38.1 Å². The highest BCUT2D eigenvalue weighted by Crippen LogP contribution is 2.28. The van der Waals surface area contributed by atoms with Crippen LogP contribution < -0.4 is 0 Å². The Bertz CT molecular complexity index is 402. The second-order valence-electron chi connectivity index (χ2n) is 5.03. The molecule has 2 rings (SSSR count). The quantitative estimate of drug-likeness (QED) is 0.799. The average molecular weight is 266 g/mol. The largest absolute Gasteiger partial charge is 0.412 e. The molecular formula is C15H20ClNO. The Labute approximate surface area is 114 Å². The van der Waals surface area contributed by atoms with Crippen LogP contribution in [0, 0.1) is 5.92 Å². The second kappa shape index (κ2) is 6.26. The molecule has 0 amide bonds. The highest BCUT2D eigenvalue weighted by molar-refractivity contribution is 6.30. The monoisotopic (exact) mass is 265 g/mol. The molecular weight excluding hydrogens is 246 g/mol. The van der Waals surface area contributed by atoms with Gasteiger partial charge in [-0.15, -0.1) is 5.06 Å². The fourth-order valence-corrected chi connectivity index (χ4v) is 2.72. The number of benzene rings is 1. The zero-order chi connectivity index (χ0) is 13.0. The predicted octanol–water partition coefficient (Wildman–Crippen LogP) is 3.97. The minimum Gasteiger partial charge on any atom is -0.412 e. The zero-order valence-corrected chi connectivity index (χ0v) is 11.7. The SMILES string of the molecule is CC(C)C1C(Cl)=CON1CCCc1ccccc1. The molecule has 0 aromatic heterocycles. The lowest BCUT2D eigenvalue weighted by atomic mass is 10.0. The minimum absolute atomic E-state index is 0.211. The molecule has 1 heterocycles. The smallest absolute Gasteiger partial charge is 0.127 e. The third-order valence-corrected chi connectivity index (χ3v) is 3.52. The first kappa shape index (κ1) is 13.4. The van der Waals surface area contributed by atoms with Crippen LogP contribution >= 0.6 is 11.6 Å². The molecule has 1 aliphatic heterocycles. The average Bonchev–Trinajstić information content (AvgIpc) is 2.72. The molecule has 0 N–H and O–H groups in total. The van der Waals surface area contributed by atoms with Crippen LogP contribution in [-0.2, 0) is 11.3 Å². The van der Waals surface area contributed by atoms with Crippen LogP contribution in [0.4, 0.5) is 0 Å². The predicted molar refractivity (Wildman–Crippen MR) is 75.1 cm³/mol. The fourth-order valence-electron chi connectivity index (χ4n) is 2.32. The van der Waals surface area contributed by atoms with Gasteiger partial charge in [0.15, 0.2) is 0 Å². The van der Waals surface area contributed by atoms with Gasteiger partial charge in [0.1, 0.15) is 6.26 Å². The number of halogens is 1. The van der Waals surface area contributed by atoms with E-state index in [9.17, 15) is 0 Å². The summed E-state index contributed by atoms with van der Waals surface area (Å²) >= 11 is 6.16. The third kappa shape index (κ3) is 3.27. The van der Waals surface area contributed by atoms with Crippen LogP contribution in [0.5, 0.6) is 0 Å². The summed E-state index contributed by atoms with van der Waals surface area (Å²) in [6.07, 6.45) is 3.81. The number of rotatable bonds is 5. The van der Waals surface area contributed by atoms with Gasteiger partial charge in [-0.05, 0) is 24.3 Å². The van der Waals surface area contributed by atoms with Crippen LogP contribution in [0.25, 0.3) is 0 Å². The van der Waals surface area contributed by atoms with E-state index in [-0.39, 0.29) is 6.04 Å². The molecule has 18 heavy (non-hydrogen) atoms. The first-order valence-corrected chi connectivity index (χ1v) is 6.89. The van der Waals surface area contributed by atoms with Gasteiger partial charge in [-0.1, -0.05) is 55.8 Å². The standard InChI is InChI=1S/C15H20ClNO/c1-12(2)15-14(16)11-18-17(15)10-6-9-13-7-4-3-5-8-13/h3-5,7-8,11-12,15H,6,9-10H2,1-2H3. The Morgan fingerprint density at radius 3 is 2.67 bits per heavy atom. The van der Waals surface area contributed by atoms with Crippen LogP contribution in [0.1, 0.15) is 25.8 Å². The molecule has 1 aromatic carbocycles. The van der Waals surface area contributed by atoms with Crippen molar-refractivity contribution in [3.05, 3.63) is 47.2 Å². The molecule has 2 nitrogen and oxygen atoms in total. The van der Waals surface area contributed by atoms with Crippen molar-refractivity contribution >= 4 is 11.6 Å². The summed E-state index contributed by atoms with van der Waals surface area (Å²) in [5, 5.41) is 2.81. The molecule has 0 bridgehead atoms. The van der Waals surface area contributed by atoms with Gasteiger partial charge in [-0.2, -0.15) is 0 Å². The van der Waals surface area contributed by atoms with Crippen molar-refractivity contribution in [2.45, 2.75) is 32.7 Å². The minimum atomic E-state index is 0.211. The highest BCUT2D eigenvalue weighted by Gasteiger charge is 2.30. The van der Waals surface area contributed by atoms with E-state index < -0.39 is 0 Å². The van der Waals surface area contributed by atoms with E-state index in [1.165, 1.54) is 5.56 Å². The normalized spacial score (nSPS) is 20.0. The van der Waals surface area contributed by atoms with Gasteiger partial charge < -0.3 is 4.84 Å². The molecule has 0 saturated heterocycles. The molecule has 0 saturated carbocycles. The van der Waals surface area contributed by atoms with Crippen molar-refractivity contribution in [3.8, 4) is 0 Å². The Morgan fingerprint density at radius 1 is 1.28 bits per heavy atom. The summed E-state index contributed by atoms with van der Waals surface area (Å²) in [5.74, 6) is 0.466. The van der Waals surface area contributed by atoms with Crippen molar-refractivity contribution in [3.63, 3.8) is 0 Å². The summed E-state index contributed by atoms with van der Waals surface area (Å²) in [6, 6.07) is 10.7. The van der Waals surface area contributed by atoms with E-state index in [1.807, 2.05) is 11.1 Å². The Hall–Kier alpha value is -0.990. The summed E-state index contributed by atoms with van der Waals surface area (Å²) in [6.45, 7) is 5.24. The third-order valence-electron chi connectivity index (χ3n) is 3.21. The maximum absolute atomic E-state index is 6.16. The van der Waals surface area contributed by atoms with Gasteiger partial charge in [0, 0.05) is 6.54 Å². The lowest BCUT2D eigenvalue weighted by molar-refractivity contribution is -0.114. The summed E-state index contributed by atoms with van der Waals surface area (Å²) in [5.41, 5.74) is 1.37. The second-order valence-corrected chi connectivity index (χ2v) is 5.46. The number of hydrogen-bond acceptors (Lipinski definition) is 2. The summed E-state index contributed by atoms with van der Waals surface area (Å²) < 4.78 is 0. The molecule has 0 spiro atoms. The van der Waals surface area contributed by atoms with E-state index in [1.54, 1.807) is 6.26 Å². The van der Waals surface area contributed by atoms with Gasteiger partial charge in [-0.25, -0.2) is 0 Å². The first-order chi connectivity index (χ1) is 8.68. The van der Waals surface area contributed by atoms with Crippen LogP contribution in [0.3, 0.4) is 0 Å². The van der Waals surface area contributed by atoms with E-state index in [0.29, 0.717) is 5.92 Å². The van der Waals surface area contributed by atoms with E-state index >= 15 is 0 Å². The zero-order valence-electron chi connectivity index (χ0n) is 11.0. The van der Waals surface area contributed by atoms with Gasteiger partial charge in [0.2, 0.25) is 0 Å². The first-order valence-electron chi connectivity index (χ1n) is 6.51. The number of aryl methyl sites for hydroxylation is 1. The molecule has 1 unspecified atom stereocenters. The Morgan fingerprint density at radius 2 is 2.00 bits per heavy atom. The van der Waals surface area contributed by atoms with Gasteiger partial charge in [0.25, 0.3) is 0 Å². The topological polar surface area (TPSA) is 12.5 Å². The van der Waals surface area contributed by atoms with Crippen LogP contribution in [-0.4, -0.2) is 17.6 Å². The molecule has 3 heteroatoms. The maximum Gasteiger partial charge on any atom is 0.127 e. The highest BCUT2D eigenvalue weighted by atomic mass is 35.5. The van der Waals surface area contributed by atoms with Crippen LogP contribution in [0.15, 0.2) is 41.6 Å². The molecule has 0 radical (unpaired) electrons. The van der Waals surface area contributed by atoms with E-state index in [0.717, 1.165) is 24.4 Å². The summed E-state index contributed by atoms with van der Waals surface area (Å²) in [7, 11) is 0. The molecule has 1 aromatic rings. The number of nitrogens with zero attached hydrogens (tertiary/aromatic N) is 1. The van der Waals surface area contributed by atoms with Crippen molar-refractivity contribution in [1.29, 1.82) is 0 Å².